The number of unbranched alkanes of at least 4 members (excludes halogenated alkanes) is 3. The molecule has 0 bridgehead atoms. The van der Waals surface area contributed by atoms with Crippen LogP contribution in [0, 0.1) is 0 Å². The molecule has 3 amide bonds. The second-order valence-electron chi connectivity index (χ2n) is 12.0. The molecule has 1 aliphatic rings. The van der Waals surface area contributed by atoms with Crippen LogP contribution in [-0.2, 0) is 15.1 Å². The average Bonchev–Trinajstić information content (AvgIpc) is 3.40. The highest BCUT2D eigenvalue weighted by atomic mass is 16.5. The molecule has 0 saturated carbocycles. The summed E-state index contributed by atoms with van der Waals surface area (Å²) in [5, 5.41) is 11.8. The first-order chi connectivity index (χ1) is 24.8. The fraction of sp³-hybridized carbons (Fsp3) is 0.300. The molecule has 0 saturated heterocycles. The number of rotatable bonds is 18. The number of aromatic carboxylic acids is 1. The average molecular weight is 695 g/mol. The summed E-state index contributed by atoms with van der Waals surface area (Å²) in [5.74, 6) is -0.687. The molecule has 0 unspecified atom stereocenters. The molecule has 266 valence electrons. The summed E-state index contributed by atoms with van der Waals surface area (Å²) in [4.78, 5) is 49.7. The van der Waals surface area contributed by atoms with Gasteiger partial charge >= 0.3 is 12.1 Å². The molecule has 0 spiro atoms. The lowest BCUT2D eigenvalue weighted by Gasteiger charge is -2.36. The van der Waals surface area contributed by atoms with Crippen molar-refractivity contribution in [2.24, 2.45) is 0 Å². The van der Waals surface area contributed by atoms with Crippen molar-refractivity contribution >= 4 is 23.9 Å². The zero-order chi connectivity index (χ0) is 36.2. The van der Waals surface area contributed by atoms with Crippen molar-refractivity contribution in [2.45, 2.75) is 37.7 Å². The Morgan fingerprint density at radius 1 is 0.686 bits per heavy atom. The lowest BCUT2D eigenvalue weighted by molar-refractivity contribution is 0.0104. The molecule has 1 aliphatic heterocycles. The van der Waals surface area contributed by atoms with Crippen LogP contribution in [0.15, 0.2) is 97.1 Å². The Kier molecular flexibility index (Phi) is 12.4. The van der Waals surface area contributed by atoms with E-state index in [9.17, 15) is 24.3 Å². The first-order valence-corrected chi connectivity index (χ1v) is 16.9. The number of hydrogen-bond acceptors (Lipinski definition) is 8. The molecule has 5 rings (SSSR count). The van der Waals surface area contributed by atoms with Crippen LogP contribution >= 0.6 is 0 Å². The Morgan fingerprint density at radius 3 is 1.84 bits per heavy atom. The molecule has 51 heavy (non-hydrogen) atoms. The predicted molar refractivity (Wildman–Crippen MR) is 189 cm³/mol. The number of nitrogens with zero attached hydrogens (tertiary/aromatic N) is 1. The van der Waals surface area contributed by atoms with Gasteiger partial charge in [-0.2, -0.15) is 0 Å². The zero-order valence-electron chi connectivity index (χ0n) is 28.8. The lowest BCUT2D eigenvalue weighted by atomic mass is 9.80. The quantitative estimate of drug-likeness (QED) is 0.0663. The number of carboxylic acids is 1. The maximum atomic E-state index is 12.6. The molecule has 0 aliphatic carbocycles. The van der Waals surface area contributed by atoms with Gasteiger partial charge in [0.2, 0.25) is 0 Å². The zero-order valence-corrected chi connectivity index (χ0v) is 28.8. The molecular weight excluding hydrogens is 652 g/mol. The molecule has 1 heterocycles. The van der Waals surface area contributed by atoms with Crippen molar-refractivity contribution in [3.63, 3.8) is 0 Å². The van der Waals surface area contributed by atoms with Crippen LogP contribution in [0.2, 0.25) is 0 Å². The number of amides is 3. The van der Waals surface area contributed by atoms with Crippen molar-refractivity contribution in [2.75, 3.05) is 40.5 Å². The summed E-state index contributed by atoms with van der Waals surface area (Å²) in [6, 6.07) is 29.8. The van der Waals surface area contributed by atoms with Crippen LogP contribution in [0.25, 0.3) is 0 Å². The summed E-state index contributed by atoms with van der Waals surface area (Å²) >= 11 is 0. The second-order valence-corrected chi connectivity index (χ2v) is 12.0. The minimum atomic E-state index is -1.18. The molecule has 11 heteroatoms. The number of hydrogen-bond donors (Lipinski definition) is 2. The van der Waals surface area contributed by atoms with Crippen molar-refractivity contribution in [1.29, 1.82) is 0 Å². The number of carbonyl (C=O) groups is 4. The van der Waals surface area contributed by atoms with Crippen molar-refractivity contribution in [3.05, 3.63) is 130 Å². The van der Waals surface area contributed by atoms with E-state index in [0.717, 1.165) is 52.4 Å². The number of ether oxygens (including phenoxy) is 4. The number of benzene rings is 4. The minimum Gasteiger partial charge on any atom is -0.497 e. The van der Waals surface area contributed by atoms with Gasteiger partial charge in [-0.05, 0) is 84.8 Å². The van der Waals surface area contributed by atoms with Gasteiger partial charge in [-0.15, -0.1) is 0 Å². The van der Waals surface area contributed by atoms with E-state index in [1.165, 1.54) is 18.2 Å². The topological polar surface area (TPSA) is 141 Å². The standard InChI is InChI=1S/C40H42N2O9/c1-48-32-18-14-30(15-19-32)40(29-11-6-5-7-12-29,31-16-20-33(49-2)21-17-31)51-26-9-4-3-8-25-50-39(47)41-23-10-24-42-36(43)34-22-13-28(38(45)46)27-35(34)37(42)44/h5-7,11-22,27H,3-4,8-10,23-26H2,1-2H3,(H,41,47)(H,45,46). The van der Waals surface area contributed by atoms with Crippen molar-refractivity contribution in [3.8, 4) is 11.5 Å². The van der Waals surface area contributed by atoms with E-state index in [4.69, 9.17) is 18.9 Å². The van der Waals surface area contributed by atoms with Crippen molar-refractivity contribution < 1.29 is 43.2 Å². The number of carboxylic acid groups (broad SMARTS) is 1. The highest BCUT2D eigenvalue weighted by Gasteiger charge is 2.38. The molecule has 4 aromatic carbocycles. The molecule has 0 aromatic heterocycles. The Bertz CT molecular complexity index is 1760. The van der Waals surface area contributed by atoms with Gasteiger partial charge in [-0.25, -0.2) is 9.59 Å². The molecule has 4 aromatic rings. The van der Waals surface area contributed by atoms with Crippen molar-refractivity contribution in [1.82, 2.24) is 10.2 Å². The smallest absolute Gasteiger partial charge is 0.407 e. The van der Waals surface area contributed by atoms with Gasteiger partial charge in [0.25, 0.3) is 11.8 Å². The Labute approximate surface area is 297 Å². The van der Waals surface area contributed by atoms with Crippen LogP contribution in [0.4, 0.5) is 4.79 Å². The van der Waals surface area contributed by atoms with E-state index in [1.807, 2.05) is 66.7 Å². The summed E-state index contributed by atoms with van der Waals surface area (Å²) in [7, 11) is 3.28. The molecular formula is C40H42N2O9. The van der Waals surface area contributed by atoms with Gasteiger partial charge in [0.15, 0.2) is 0 Å². The minimum absolute atomic E-state index is 0.0611. The third-order valence-electron chi connectivity index (χ3n) is 8.81. The third kappa shape index (κ3) is 8.56. The lowest BCUT2D eigenvalue weighted by Crippen LogP contribution is -2.33. The third-order valence-corrected chi connectivity index (χ3v) is 8.81. The van der Waals surface area contributed by atoms with Crippen LogP contribution in [-0.4, -0.2) is 74.4 Å². The van der Waals surface area contributed by atoms with Gasteiger partial charge < -0.3 is 29.4 Å². The van der Waals surface area contributed by atoms with Gasteiger partial charge in [0.05, 0.1) is 37.5 Å². The Balaban J connectivity index is 1.06. The predicted octanol–water partition coefficient (Wildman–Crippen LogP) is 6.68. The maximum Gasteiger partial charge on any atom is 0.407 e. The number of alkyl carbamates (subject to hydrolysis) is 1. The molecule has 0 radical (unpaired) electrons. The number of carbonyl (C=O) groups excluding carboxylic acids is 3. The molecule has 2 N–H and O–H groups in total. The molecule has 0 fully saturated rings. The van der Waals surface area contributed by atoms with Crippen LogP contribution in [0.5, 0.6) is 11.5 Å². The number of fused-ring (bicyclic) bond motifs is 1. The number of nitrogens with one attached hydrogen (secondary N) is 1. The molecule has 0 atom stereocenters. The second kappa shape index (κ2) is 17.3. The monoisotopic (exact) mass is 694 g/mol. The summed E-state index contributed by atoms with van der Waals surface area (Å²) in [5.41, 5.74) is 2.25. The van der Waals surface area contributed by atoms with Gasteiger partial charge in [0, 0.05) is 19.7 Å². The van der Waals surface area contributed by atoms with Gasteiger partial charge in [-0.1, -0.05) is 61.0 Å². The summed E-state index contributed by atoms with van der Waals surface area (Å²) < 4.78 is 23.0. The van der Waals surface area contributed by atoms with Gasteiger partial charge in [0.1, 0.15) is 17.1 Å². The highest BCUT2D eigenvalue weighted by molar-refractivity contribution is 6.21. The van der Waals surface area contributed by atoms with Crippen LogP contribution < -0.4 is 14.8 Å². The SMILES string of the molecule is COc1ccc(C(OCCCCCCOC(=O)NCCCN2C(=O)c3ccc(C(=O)O)cc3C2=O)(c2ccccc2)c2ccc(OC)cc2)cc1. The first kappa shape index (κ1) is 36.6. The van der Waals surface area contributed by atoms with E-state index in [-0.39, 0.29) is 36.4 Å². The van der Waals surface area contributed by atoms with E-state index in [2.05, 4.69) is 17.4 Å². The fourth-order valence-electron chi connectivity index (χ4n) is 6.13. The number of methoxy groups -OCH3 is 2. The normalized spacial score (nSPS) is 12.4. The van der Waals surface area contributed by atoms with E-state index >= 15 is 0 Å². The number of imide groups is 1. The van der Waals surface area contributed by atoms with E-state index in [0.29, 0.717) is 19.4 Å². The highest BCUT2D eigenvalue weighted by Crippen LogP contribution is 2.41. The largest absolute Gasteiger partial charge is 0.497 e. The summed E-state index contributed by atoms with van der Waals surface area (Å²) in [6.45, 7) is 1.03. The van der Waals surface area contributed by atoms with E-state index in [1.54, 1.807) is 14.2 Å². The Morgan fingerprint density at radius 2 is 1.25 bits per heavy atom. The fourth-order valence-corrected chi connectivity index (χ4v) is 6.13. The van der Waals surface area contributed by atoms with Crippen LogP contribution in [0.1, 0.15) is 79.9 Å². The van der Waals surface area contributed by atoms with Gasteiger partial charge in [-0.3, -0.25) is 14.5 Å². The maximum absolute atomic E-state index is 12.6. The first-order valence-electron chi connectivity index (χ1n) is 16.9. The molecule has 11 nitrogen and oxygen atoms in total. The van der Waals surface area contributed by atoms with E-state index < -0.39 is 29.5 Å². The Hall–Kier alpha value is -5.68. The van der Waals surface area contributed by atoms with Crippen LogP contribution in [0.3, 0.4) is 0 Å². The summed E-state index contributed by atoms with van der Waals surface area (Å²) in [6.07, 6.45) is 2.94.